The highest BCUT2D eigenvalue weighted by atomic mass is 15.2. The zero-order valence-electron chi connectivity index (χ0n) is 9.71. The maximum absolute atomic E-state index is 5.70. The number of nitrogens with zero attached hydrogens (tertiary/aromatic N) is 3. The van der Waals surface area contributed by atoms with Crippen molar-refractivity contribution in [2.45, 2.75) is 6.42 Å². The fraction of sp³-hybridized carbons (Fsp3) is 0.385. The molecule has 0 saturated carbocycles. The summed E-state index contributed by atoms with van der Waals surface area (Å²) in [5, 5.41) is 0. The Morgan fingerprint density at radius 3 is 2.88 bits per heavy atom. The minimum Gasteiger partial charge on any atom is -0.355 e. The molecule has 1 atom stereocenters. The van der Waals surface area contributed by atoms with Gasteiger partial charge in [-0.2, -0.15) is 0 Å². The van der Waals surface area contributed by atoms with E-state index >= 15 is 0 Å². The number of nitrogens with two attached hydrogens (primary N) is 1. The first-order chi connectivity index (χ1) is 8.36. The maximum atomic E-state index is 5.70. The van der Waals surface area contributed by atoms with Gasteiger partial charge in [-0.15, -0.1) is 0 Å². The van der Waals surface area contributed by atoms with Gasteiger partial charge in [-0.05, 0) is 31.0 Å². The molecule has 1 unspecified atom stereocenters. The molecule has 1 fully saturated rings. The van der Waals surface area contributed by atoms with Crippen LogP contribution < -0.4 is 10.6 Å². The van der Waals surface area contributed by atoms with Crippen molar-refractivity contribution in [1.29, 1.82) is 0 Å². The van der Waals surface area contributed by atoms with Crippen LogP contribution in [0.5, 0.6) is 0 Å². The first-order valence-electron chi connectivity index (χ1n) is 6.03. The Morgan fingerprint density at radius 2 is 2.12 bits per heavy atom. The number of rotatable bonds is 2. The van der Waals surface area contributed by atoms with E-state index in [4.69, 9.17) is 5.73 Å². The van der Waals surface area contributed by atoms with E-state index in [-0.39, 0.29) is 0 Å². The van der Waals surface area contributed by atoms with Crippen molar-refractivity contribution in [3.05, 3.63) is 30.5 Å². The molecule has 4 nitrogen and oxygen atoms in total. The molecule has 1 aromatic heterocycles. The van der Waals surface area contributed by atoms with Crippen molar-refractivity contribution in [2.75, 3.05) is 24.5 Å². The molecule has 1 aliphatic heterocycles. The number of para-hydroxylation sites is 2. The molecule has 2 heterocycles. The summed E-state index contributed by atoms with van der Waals surface area (Å²) in [5.74, 6) is 1.57. The minimum atomic E-state index is 0.600. The highest BCUT2D eigenvalue weighted by Crippen LogP contribution is 2.22. The second kappa shape index (κ2) is 4.30. The van der Waals surface area contributed by atoms with Crippen LogP contribution in [-0.4, -0.2) is 29.6 Å². The van der Waals surface area contributed by atoms with E-state index in [1.165, 1.54) is 0 Å². The van der Waals surface area contributed by atoms with E-state index in [0.29, 0.717) is 5.92 Å². The fourth-order valence-electron chi connectivity index (χ4n) is 2.33. The number of anilines is 1. The van der Waals surface area contributed by atoms with Gasteiger partial charge in [0.25, 0.3) is 0 Å². The molecule has 0 spiro atoms. The summed E-state index contributed by atoms with van der Waals surface area (Å²) in [6.45, 7) is 2.80. The Hall–Kier alpha value is -1.68. The Bertz CT molecular complexity index is 526. The van der Waals surface area contributed by atoms with E-state index in [1.807, 2.05) is 30.5 Å². The van der Waals surface area contributed by atoms with Gasteiger partial charge < -0.3 is 10.6 Å². The fourth-order valence-corrected chi connectivity index (χ4v) is 2.33. The van der Waals surface area contributed by atoms with Crippen LogP contribution in [-0.2, 0) is 0 Å². The summed E-state index contributed by atoms with van der Waals surface area (Å²) in [4.78, 5) is 11.4. The van der Waals surface area contributed by atoms with Gasteiger partial charge in [0, 0.05) is 13.1 Å². The summed E-state index contributed by atoms with van der Waals surface area (Å²) in [6.07, 6.45) is 3.02. The van der Waals surface area contributed by atoms with Crippen LogP contribution in [0.3, 0.4) is 0 Å². The summed E-state index contributed by atoms with van der Waals surface area (Å²) >= 11 is 0. The summed E-state index contributed by atoms with van der Waals surface area (Å²) in [5.41, 5.74) is 7.61. The topological polar surface area (TPSA) is 55.0 Å². The van der Waals surface area contributed by atoms with Crippen LogP contribution in [0.4, 0.5) is 5.82 Å². The standard InChI is InChI=1S/C13H16N4/c14-7-10-5-6-17(9-10)13-8-15-11-3-1-2-4-12(11)16-13/h1-4,8,10H,5-7,9,14H2. The van der Waals surface area contributed by atoms with Crippen molar-refractivity contribution in [2.24, 2.45) is 11.7 Å². The van der Waals surface area contributed by atoms with Crippen molar-refractivity contribution in [3.8, 4) is 0 Å². The van der Waals surface area contributed by atoms with Gasteiger partial charge in [0.2, 0.25) is 0 Å². The molecule has 1 saturated heterocycles. The maximum Gasteiger partial charge on any atom is 0.147 e. The third-order valence-electron chi connectivity index (χ3n) is 3.38. The van der Waals surface area contributed by atoms with Crippen molar-refractivity contribution >= 4 is 16.9 Å². The first-order valence-corrected chi connectivity index (χ1v) is 6.03. The molecular formula is C13H16N4. The Balaban J connectivity index is 1.91. The van der Waals surface area contributed by atoms with Crippen LogP contribution >= 0.6 is 0 Å². The molecule has 0 aliphatic carbocycles. The highest BCUT2D eigenvalue weighted by molar-refractivity contribution is 5.75. The van der Waals surface area contributed by atoms with Crippen molar-refractivity contribution < 1.29 is 0 Å². The number of hydrogen-bond acceptors (Lipinski definition) is 4. The van der Waals surface area contributed by atoms with Crippen LogP contribution in [0, 0.1) is 5.92 Å². The number of hydrogen-bond donors (Lipinski definition) is 1. The second-order valence-electron chi connectivity index (χ2n) is 4.55. The highest BCUT2D eigenvalue weighted by Gasteiger charge is 2.22. The molecule has 1 aromatic carbocycles. The molecule has 2 aromatic rings. The van der Waals surface area contributed by atoms with E-state index in [0.717, 1.165) is 42.9 Å². The molecule has 2 N–H and O–H groups in total. The lowest BCUT2D eigenvalue weighted by Crippen LogP contribution is -2.23. The third-order valence-corrected chi connectivity index (χ3v) is 3.38. The first kappa shape index (κ1) is 10.5. The van der Waals surface area contributed by atoms with Crippen LogP contribution in [0.2, 0.25) is 0 Å². The van der Waals surface area contributed by atoms with Gasteiger partial charge in [-0.1, -0.05) is 12.1 Å². The number of fused-ring (bicyclic) bond motifs is 1. The quantitative estimate of drug-likeness (QED) is 0.844. The third kappa shape index (κ3) is 1.96. The normalized spacial score (nSPS) is 20.1. The molecule has 0 amide bonds. The van der Waals surface area contributed by atoms with Gasteiger partial charge >= 0.3 is 0 Å². The molecule has 17 heavy (non-hydrogen) atoms. The Labute approximate surface area is 100 Å². The molecule has 4 heteroatoms. The van der Waals surface area contributed by atoms with Crippen molar-refractivity contribution in [3.63, 3.8) is 0 Å². The van der Waals surface area contributed by atoms with E-state index in [2.05, 4.69) is 14.9 Å². The predicted octanol–water partition coefficient (Wildman–Crippen LogP) is 1.41. The molecule has 1 aliphatic rings. The number of aromatic nitrogens is 2. The van der Waals surface area contributed by atoms with Crippen LogP contribution in [0.1, 0.15) is 6.42 Å². The lowest BCUT2D eigenvalue weighted by atomic mass is 10.1. The number of benzene rings is 1. The van der Waals surface area contributed by atoms with E-state index in [1.54, 1.807) is 0 Å². The van der Waals surface area contributed by atoms with Crippen LogP contribution in [0.25, 0.3) is 11.0 Å². The lowest BCUT2D eigenvalue weighted by Gasteiger charge is -2.17. The molecule has 88 valence electrons. The van der Waals surface area contributed by atoms with Gasteiger partial charge in [-0.3, -0.25) is 4.98 Å². The lowest BCUT2D eigenvalue weighted by molar-refractivity contribution is 0.602. The van der Waals surface area contributed by atoms with Gasteiger partial charge in [0.05, 0.1) is 17.2 Å². The molecule has 0 radical (unpaired) electrons. The van der Waals surface area contributed by atoms with Gasteiger partial charge in [-0.25, -0.2) is 4.98 Å². The summed E-state index contributed by atoms with van der Waals surface area (Å²) in [7, 11) is 0. The zero-order valence-corrected chi connectivity index (χ0v) is 9.71. The van der Waals surface area contributed by atoms with E-state index in [9.17, 15) is 0 Å². The van der Waals surface area contributed by atoms with Gasteiger partial charge in [0.1, 0.15) is 5.82 Å². The Kier molecular flexibility index (Phi) is 2.65. The zero-order chi connectivity index (χ0) is 11.7. The van der Waals surface area contributed by atoms with Crippen LogP contribution in [0.15, 0.2) is 30.5 Å². The largest absolute Gasteiger partial charge is 0.355 e. The average Bonchev–Trinajstić information content (AvgIpc) is 2.87. The minimum absolute atomic E-state index is 0.600. The molecular weight excluding hydrogens is 212 g/mol. The monoisotopic (exact) mass is 228 g/mol. The molecule has 3 rings (SSSR count). The molecule has 0 bridgehead atoms. The average molecular weight is 228 g/mol. The van der Waals surface area contributed by atoms with Gasteiger partial charge in [0.15, 0.2) is 0 Å². The van der Waals surface area contributed by atoms with Crippen molar-refractivity contribution in [1.82, 2.24) is 9.97 Å². The summed E-state index contributed by atoms with van der Waals surface area (Å²) in [6, 6.07) is 7.96. The summed E-state index contributed by atoms with van der Waals surface area (Å²) < 4.78 is 0. The second-order valence-corrected chi connectivity index (χ2v) is 4.55. The van der Waals surface area contributed by atoms with E-state index < -0.39 is 0 Å². The smallest absolute Gasteiger partial charge is 0.147 e. The predicted molar refractivity (Wildman–Crippen MR) is 68.9 cm³/mol. The Morgan fingerprint density at radius 1 is 1.29 bits per heavy atom. The SMILES string of the molecule is NCC1CCN(c2cnc3ccccc3n2)C1.